The Kier molecular flexibility index (Phi) is 12.3. The third kappa shape index (κ3) is 10.2. The van der Waals surface area contributed by atoms with Crippen molar-refractivity contribution in [1.29, 1.82) is 0 Å². The molecular weight excluding hydrogens is 627 g/mol. The number of hydrogen-bond acceptors (Lipinski definition) is 8. The number of aliphatic imine (C=N–C) groups is 1. The van der Waals surface area contributed by atoms with Gasteiger partial charge in [-0.05, 0) is 28.8 Å². The van der Waals surface area contributed by atoms with Crippen LogP contribution in [-0.2, 0) is 53.0 Å². The zero-order chi connectivity index (χ0) is 33.8. The van der Waals surface area contributed by atoms with E-state index in [0.29, 0.717) is 0 Å². The zero-order valence-corrected chi connectivity index (χ0v) is 26.2. The molecule has 0 spiro atoms. The van der Waals surface area contributed by atoms with Gasteiger partial charge in [-0.2, -0.15) is 13.2 Å². The first kappa shape index (κ1) is 34.8. The lowest BCUT2D eigenvalue weighted by Gasteiger charge is -2.45. The van der Waals surface area contributed by atoms with Crippen molar-refractivity contribution in [3.05, 3.63) is 138 Å². The highest BCUT2D eigenvalue weighted by molar-refractivity contribution is 5.84. The number of para-hydroxylation sites is 1. The summed E-state index contributed by atoms with van der Waals surface area (Å²) in [6.07, 6.45) is -11.1. The molecule has 1 aliphatic rings. The molecule has 0 aromatic heterocycles. The SMILES string of the molecule is CC(=O)OC[C@H]1OC(OC(=Nc2ccccc2)C(F)(F)F)[C@H](OCc2ccccc2)[C@@H](OCc2ccccc2)[C@@H]1OCc1ccccc1. The van der Waals surface area contributed by atoms with Crippen molar-refractivity contribution in [2.24, 2.45) is 4.99 Å². The average molecular weight is 664 g/mol. The van der Waals surface area contributed by atoms with Crippen molar-refractivity contribution in [2.75, 3.05) is 6.61 Å². The van der Waals surface area contributed by atoms with Crippen LogP contribution in [-0.4, -0.2) is 55.4 Å². The number of benzene rings is 4. The minimum atomic E-state index is -4.99. The molecule has 4 aromatic rings. The van der Waals surface area contributed by atoms with Gasteiger partial charge in [0.2, 0.25) is 6.29 Å². The van der Waals surface area contributed by atoms with Gasteiger partial charge in [-0.3, -0.25) is 4.79 Å². The van der Waals surface area contributed by atoms with Gasteiger partial charge in [-0.25, -0.2) is 4.99 Å². The molecule has 11 heteroatoms. The number of halogens is 3. The Bertz CT molecular complexity index is 1570. The van der Waals surface area contributed by atoms with Crippen molar-refractivity contribution in [3.63, 3.8) is 0 Å². The topological polar surface area (TPSA) is 84.8 Å². The number of carbonyl (C=O) groups excluding carboxylic acids is 1. The Morgan fingerprint density at radius 3 is 1.56 bits per heavy atom. The lowest BCUT2D eigenvalue weighted by atomic mass is 9.97. The lowest BCUT2D eigenvalue weighted by molar-refractivity contribution is -0.314. The van der Waals surface area contributed by atoms with E-state index >= 15 is 0 Å². The normalized spacial score (nSPS) is 21.4. The molecule has 0 bridgehead atoms. The number of rotatable bonds is 13. The summed E-state index contributed by atoms with van der Waals surface area (Å²) >= 11 is 0. The highest BCUT2D eigenvalue weighted by Crippen LogP contribution is 2.34. The Balaban J connectivity index is 1.54. The first-order valence-corrected chi connectivity index (χ1v) is 15.4. The van der Waals surface area contributed by atoms with Gasteiger partial charge >= 0.3 is 12.1 Å². The van der Waals surface area contributed by atoms with Gasteiger partial charge in [0.15, 0.2) is 0 Å². The second kappa shape index (κ2) is 17.0. The Morgan fingerprint density at radius 2 is 1.10 bits per heavy atom. The standard InChI is InChI=1S/C37H36F3NO7/c1-26(42)43-25-31-32(44-22-27-14-6-2-7-15-27)33(45-23-28-16-8-3-9-17-28)34(46-24-29-18-10-4-11-19-29)35(47-31)48-36(37(38,39)40)41-30-20-12-5-13-21-30/h2-21,31-35H,22-25H2,1H3/t31-,32-,33+,34-,35?/m1/s1. The van der Waals surface area contributed by atoms with Crippen molar-refractivity contribution < 1.29 is 46.4 Å². The van der Waals surface area contributed by atoms with Gasteiger partial charge in [0.05, 0.1) is 25.5 Å². The fraction of sp³-hybridized carbons (Fsp3) is 0.297. The van der Waals surface area contributed by atoms with Gasteiger partial charge in [0.25, 0.3) is 5.90 Å². The third-order valence-electron chi connectivity index (χ3n) is 7.36. The maximum Gasteiger partial charge on any atom is 0.468 e. The van der Waals surface area contributed by atoms with E-state index in [2.05, 4.69) is 4.99 Å². The summed E-state index contributed by atoms with van der Waals surface area (Å²) in [6, 6.07) is 35.4. The van der Waals surface area contributed by atoms with Crippen LogP contribution in [0.25, 0.3) is 0 Å². The fourth-order valence-corrected chi connectivity index (χ4v) is 5.06. The van der Waals surface area contributed by atoms with E-state index in [1.807, 2.05) is 91.0 Å². The fourth-order valence-electron chi connectivity index (χ4n) is 5.06. The van der Waals surface area contributed by atoms with E-state index < -0.39 is 48.7 Å². The van der Waals surface area contributed by atoms with Crippen molar-refractivity contribution in [3.8, 4) is 0 Å². The van der Waals surface area contributed by atoms with Crippen LogP contribution < -0.4 is 0 Å². The zero-order valence-electron chi connectivity index (χ0n) is 26.2. The monoisotopic (exact) mass is 663 g/mol. The Labute approximate surface area is 277 Å². The lowest BCUT2D eigenvalue weighted by Crippen LogP contribution is -2.62. The van der Waals surface area contributed by atoms with Crippen LogP contribution >= 0.6 is 0 Å². The molecule has 1 fully saturated rings. The molecule has 4 aromatic carbocycles. The molecule has 8 nitrogen and oxygen atoms in total. The molecule has 0 amide bonds. The summed E-state index contributed by atoms with van der Waals surface area (Å²) in [7, 11) is 0. The number of ether oxygens (including phenoxy) is 6. The number of nitrogens with zero attached hydrogens (tertiary/aromatic N) is 1. The maximum absolute atomic E-state index is 14.5. The molecular formula is C37H36F3NO7. The van der Waals surface area contributed by atoms with Crippen LogP contribution in [0.1, 0.15) is 23.6 Å². The predicted octanol–water partition coefficient (Wildman–Crippen LogP) is 7.34. The molecule has 48 heavy (non-hydrogen) atoms. The van der Waals surface area contributed by atoms with Crippen molar-refractivity contribution in [1.82, 2.24) is 0 Å². The highest BCUT2D eigenvalue weighted by Gasteiger charge is 2.52. The van der Waals surface area contributed by atoms with Gasteiger partial charge in [0, 0.05) is 6.92 Å². The van der Waals surface area contributed by atoms with Gasteiger partial charge in [-0.1, -0.05) is 109 Å². The molecule has 1 heterocycles. The largest absolute Gasteiger partial charge is 0.468 e. The van der Waals surface area contributed by atoms with Crippen LogP contribution in [0.2, 0.25) is 0 Å². The smallest absolute Gasteiger partial charge is 0.463 e. The summed E-state index contributed by atoms with van der Waals surface area (Å²) in [4.78, 5) is 15.7. The molecule has 1 aliphatic heterocycles. The first-order chi connectivity index (χ1) is 23.3. The van der Waals surface area contributed by atoms with Crippen LogP contribution in [0.3, 0.4) is 0 Å². The van der Waals surface area contributed by atoms with Crippen LogP contribution in [0.15, 0.2) is 126 Å². The van der Waals surface area contributed by atoms with E-state index in [9.17, 15) is 18.0 Å². The molecule has 0 N–H and O–H groups in total. The summed E-state index contributed by atoms with van der Waals surface area (Å²) in [5.74, 6) is -2.15. The second-order valence-corrected chi connectivity index (χ2v) is 11.0. The summed E-state index contributed by atoms with van der Waals surface area (Å²) in [5, 5.41) is 0. The highest BCUT2D eigenvalue weighted by atomic mass is 19.4. The minimum absolute atomic E-state index is 0.00286. The summed E-state index contributed by atoms with van der Waals surface area (Å²) < 4.78 is 79.6. The number of hydrogen-bond donors (Lipinski definition) is 0. The third-order valence-corrected chi connectivity index (χ3v) is 7.36. The Hall–Kier alpha value is -4.55. The van der Waals surface area contributed by atoms with Crippen LogP contribution in [0.5, 0.6) is 0 Å². The quantitative estimate of drug-likeness (QED) is 0.0841. The van der Waals surface area contributed by atoms with E-state index in [4.69, 9.17) is 28.4 Å². The number of esters is 1. The van der Waals surface area contributed by atoms with Crippen molar-refractivity contribution in [2.45, 2.75) is 63.6 Å². The van der Waals surface area contributed by atoms with Gasteiger partial charge in [-0.15, -0.1) is 0 Å². The van der Waals surface area contributed by atoms with Gasteiger partial charge in [0.1, 0.15) is 31.0 Å². The van der Waals surface area contributed by atoms with Crippen LogP contribution in [0, 0.1) is 0 Å². The maximum atomic E-state index is 14.5. The predicted molar refractivity (Wildman–Crippen MR) is 171 cm³/mol. The minimum Gasteiger partial charge on any atom is -0.463 e. The first-order valence-electron chi connectivity index (χ1n) is 15.4. The number of carbonyl (C=O) groups is 1. The molecule has 5 rings (SSSR count). The molecule has 0 radical (unpaired) electrons. The average Bonchev–Trinajstić information content (AvgIpc) is 3.09. The molecule has 5 atom stereocenters. The molecule has 0 aliphatic carbocycles. The van der Waals surface area contributed by atoms with E-state index in [1.54, 1.807) is 18.2 Å². The molecule has 1 saturated heterocycles. The van der Waals surface area contributed by atoms with Crippen LogP contribution in [0.4, 0.5) is 18.9 Å². The molecule has 252 valence electrons. The second-order valence-electron chi connectivity index (χ2n) is 11.0. The van der Waals surface area contributed by atoms with E-state index in [1.165, 1.54) is 19.1 Å². The number of alkyl halides is 3. The Morgan fingerprint density at radius 1 is 0.667 bits per heavy atom. The van der Waals surface area contributed by atoms with E-state index in [-0.39, 0.29) is 32.1 Å². The van der Waals surface area contributed by atoms with Crippen molar-refractivity contribution >= 4 is 17.6 Å². The molecule has 1 unspecified atom stereocenters. The summed E-state index contributed by atoms with van der Waals surface area (Å²) in [5.41, 5.74) is 2.43. The summed E-state index contributed by atoms with van der Waals surface area (Å²) in [6.45, 7) is 1.05. The van der Waals surface area contributed by atoms with E-state index in [0.717, 1.165) is 16.7 Å². The molecule has 0 saturated carbocycles. The van der Waals surface area contributed by atoms with Gasteiger partial charge < -0.3 is 28.4 Å².